The molecule has 0 saturated heterocycles. The number of aromatic nitrogens is 4. The smallest absolute Gasteiger partial charge is 0.407 e. The Morgan fingerprint density at radius 1 is 1.11 bits per heavy atom. The SMILES string of the molecule is COc1ccc(C(=O)Nc2ncnc3c2ncn3C2CCC(CC(=O)O)CC2NC(=O)OC(C)(C)C)cc1. The minimum Gasteiger partial charge on any atom is -0.497 e. The number of imidazole rings is 1. The number of carbonyl (C=O) groups excluding carboxylic acids is 2. The van der Waals surface area contributed by atoms with Gasteiger partial charge in [-0.05, 0) is 70.2 Å². The molecule has 0 radical (unpaired) electrons. The Morgan fingerprint density at radius 3 is 2.50 bits per heavy atom. The Morgan fingerprint density at radius 2 is 1.84 bits per heavy atom. The Bertz CT molecular complexity index is 1320. The van der Waals surface area contributed by atoms with Crippen molar-refractivity contribution in [3.05, 3.63) is 42.5 Å². The molecule has 38 heavy (non-hydrogen) atoms. The number of aliphatic carboxylic acids is 1. The molecular formula is C26H32N6O6. The quantitative estimate of drug-likeness (QED) is 0.418. The van der Waals surface area contributed by atoms with Crippen LogP contribution in [-0.4, -0.2) is 61.3 Å². The number of hydrogen-bond acceptors (Lipinski definition) is 8. The summed E-state index contributed by atoms with van der Waals surface area (Å²) in [6, 6.07) is 6.02. The van der Waals surface area contributed by atoms with Crippen molar-refractivity contribution in [3.8, 4) is 5.75 Å². The van der Waals surface area contributed by atoms with Gasteiger partial charge in [0, 0.05) is 12.0 Å². The Kier molecular flexibility index (Phi) is 7.79. The Balaban J connectivity index is 1.59. The number of methoxy groups -OCH3 is 1. The fourth-order valence-electron chi connectivity index (χ4n) is 4.73. The van der Waals surface area contributed by atoms with Gasteiger partial charge in [0.15, 0.2) is 17.0 Å². The van der Waals surface area contributed by atoms with Crippen LogP contribution in [0.2, 0.25) is 0 Å². The van der Waals surface area contributed by atoms with Crippen molar-refractivity contribution in [2.45, 2.75) is 64.1 Å². The maximum absolute atomic E-state index is 12.8. The summed E-state index contributed by atoms with van der Waals surface area (Å²) in [5.41, 5.74) is 0.636. The number of fused-ring (bicyclic) bond motifs is 1. The molecule has 3 aromatic rings. The van der Waals surface area contributed by atoms with Gasteiger partial charge >= 0.3 is 12.1 Å². The Hall–Kier alpha value is -4.22. The molecule has 202 valence electrons. The fourth-order valence-corrected chi connectivity index (χ4v) is 4.73. The summed E-state index contributed by atoms with van der Waals surface area (Å²) in [7, 11) is 1.55. The van der Waals surface area contributed by atoms with Crippen molar-refractivity contribution >= 4 is 35.0 Å². The lowest BCUT2D eigenvalue weighted by Gasteiger charge is -2.37. The summed E-state index contributed by atoms with van der Waals surface area (Å²) >= 11 is 0. The third-order valence-corrected chi connectivity index (χ3v) is 6.39. The highest BCUT2D eigenvalue weighted by Gasteiger charge is 2.35. The van der Waals surface area contributed by atoms with Crippen molar-refractivity contribution < 1.29 is 29.0 Å². The average Bonchev–Trinajstić information content (AvgIpc) is 3.27. The van der Waals surface area contributed by atoms with Crippen LogP contribution in [0.5, 0.6) is 5.75 Å². The van der Waals surface area contributed by atoms with Crippen LogP contribution in [0, 0.1) is 5.92 Å². The van der Waals surface area contributed by atoms with E-state index in [0.29, 0.717) is 41.7 Å². The molecule has 3 atom stereocenters. The van der Waals surface area contributed by atoms with Gasteiger partial charge in [-0.2, -0.15) is 0 Å². The van der Waals surface area contributed by atoms with Gasteiger partial charge in [0.1, 0.15) is 17.7 Å². The fraction of sp³-hybridized carbons (Fsp3) is 0.462. The molecule has 2 heterocycles. The molecule has 4 rings (SSSR count). The van der Waals surface area contributed by atoms with Gasteiger partial charge < -0.3 is 29.8 Å². The van der Waals surface area contributed by atoms with E-state index in [1.807, 2.05) is 4.57 Å². The molecule has 0 aliphatic heterocycles. The van der Waals surface area contributed by atoms with E-state index in [4.69, 9.17) is 9.47 Å². The first-order valence-electron chi connectivity index (χ1n) is 12.4. The van der Waals surface area contributed by atoms with Gasteiger partial charge in [0.2, 0.25) is 0 Å². The lowest BCUT2D eigenvalue weighted by molar-refractivity contribution is -0.138. The van der Waals surface area contributed by atoms with Crippen LogP contribution in [0.3, 0.4) is 0 Å². The topological polar surface area (TPSA) is 158 Å². The van der Waals surface area contributed by atoms with Gasteiger partial charge in [-0.3, -0.25) is 9.59 Å². The Labute approximate surface area is 219 Å². The summed E-state index contributed by atoms with van der Waals surface area (Å²) in [6.45, 7) is 5.33. The second-order valence-corrected chi connectivity index (χ2v) is 10.3. The third kappa shape index (κ3) is 6.36. The number of alkyl carbamates (subject to hydrolysis) is 1. The predicted molar refractivity (Wildman–Crippen MR) is 138 cm³/mol. The van der Waals surface area contributed by atoms with Crippen LogP contribution in [0.1, 0.15) is 62.9 Å². The zero-order valence-electron chi connectivity index (χ0n) is 21.8. The van der Waals surface area contributed by atoms with Crippen molar-refractivity contribution in [3.63, 3.8) is 0 Å². The standard InChI is InChI=1S/C26H32N6O6/c1-26(2,3)38-25(36)30-18-11-15(12-20(33)34)5-10-19(18)32-14-29-21-22(27-13-28-23(21)32)31-24(35)16-6-8-17(37-4)9-7-16/h6-9,13-15,18-19H,5,10-12H2,1-4H3,(H,30,36)(H,33,34)(H,27,28,31,35). The first-order chi connectivity index (χ1) is 18.0. The number of carbonyl (C=O) groups is 3. The van der Waals surface area contributed by atoms with Gasteiger partial charge in [0.25, 0.3) is 5.91 Å². The number of hydrogen-bond donors (Lipinski definition) is 3. The van der Waals surface area contributed by atoms with Crippen molar-refractivity contribution in [1.29, 1.82) is 0 Å². The molecule has 3 N–H and O–H groups in total. The third-order valence-electron chi connectivity index (χ3n) is 6.39. The van der Waals surface area contributed by atoms with E-state index in [0.717, 1.165) is 0 Å². The van der Waals surface area contributed by atoms with Crippen molar-refractivity contribution in [2.75, 3.05) is 12.4 Å². The average molecular weight is 525 g/mol. The zero-order chi connectivity index (χ0) is 27.4. The summed E-state index contributed by atoms with van der Waals surface area (Å²) < 4.78 is 12.4. The van der Waals surface area contributed by atoms with E-state index < -0.39 is 23.7 Å². The first kappa shape index (κ1) is 26.8. The molecule has 12 heteroatoms. The molecule has 1 aliphatic rings. The highest BCUT2D eigenvalue weighted by atomic mass is 16.6. The molecule has 1 aliphatic carbocycles. The van der Waals surface area contributed by atoms with Crippen LogP contribution >= 0.6 is 0 Å². The lowest BCUT2D eigenvalue weighted by Crippen LogP contribution is -2.46. The molecule has 12 nitrogen and oxygen atoms in total. The predicted octanol–water partition coefficient (Wildman–Crippen LogP) is 3.80. The molecule has 2 amide bonds. The molecule has 0 spiro atoms. The normalized spacial score (nSPS) is 19.5. The van der Waals surface area contributed by atoms with Crippen molar-refractivity contribution in [1.82, 2.24) is 24.8 Å². The number of rotatable bonds is 7. The maximum Gasteiger partial charge on any atom is 0.407 e. The second kappa shape index (κ2) is 11.0. The number of nitrogens with one attached hydrogen (secondary N) is 2. The highest BCUT2D eigenvalue weighted by Crippen LogP contribution is 2.36. The summed E-state index contributed by atoms with van der Waals surface area (Å²) in [5.74, 6) is -0.432. The van der Waals surface area contributed by atoms with E-state index in [1.54, 1.807) is 58.5 Å². The van der Waals surface area contributed by atoms with E-state index in [-0.39, 0.29) is 30.1 Å². The van der Waals surface area contributed by atoms with E-state index in [2.05, 4.69) is 25.6 Å². The molecule has 1 saturated carbocycles. The summed E-state index contributed by atoms with van der Waals surface area (Å²) in [6.07, 6.45) is 4.12. The van der Waals surface area contributed by atoms with E-state index in [1.165, 1.54) is 6.33 Å². The van der Waals surface area contributed by atoms with E-state index >= 15 is 0 Å². The van der Waals surface area contributed by atoms with E-state index in [9.17, 15) is 19.5 Å². The number of benzene rings is 1. The molecule has 1 fully saturated rings. The van der Waals surface area contributed by atoms with Gasteiger partial charge in [-0.1, -0.05) is 0 Å². The maximum atomic E-state index is 12.8. The largest absolute Gasteiger partial charge is 0.497 e. The summed E-state index contributed by atoms with van der Waals surface area (Å²) in [5, 5.41) is 15.0. The van der Waals surface area contributed by atoms with Gasteiger partial charge in [-0.15, -0.1) is 0 Å². The number of amides is 2. The minimum absolute atomic E-state index is 0.0214. The molecular weight excluding hydrogens is 492 g/mol. The highest BCUT2D eigenvalue weighted by molar-refractivity contribution is 6.06. The first-order valence-corrected chi connectivity index (χ1v) is 12.4. The van der Waals surface area contributed by atoms with Gasteiger partial charge in [0.05, 0.1) is 25.5 Å². The van der Waals surface area contributed by atoms with Crippen LogP contribution in [-0.2, 0) is 9.53 Å². The number of carboxylic acids is 1. The van der Waals surface area contributed by atoms with Crippen molar-refractivity contribution in [2.24, 2.45) is 5.92 Å². The minimum atomic E-state index is -0.873. The lowest BCUT2D eigenvalue weighted by atomic mass is 9.80. The van der Waals surface area contributed by atoms with Crippen LogP contribution in [0.15, 0.2) is 36.9 Å². The van der Waals surface area contributed by atoms with Crippen LogP contribution in [0.25, 0.3) is 11.2 Å². The molecule has 1 aromatic carbocycles. The van der Waals surface area contributed by atoms with Gasteiger partial charge in [-0.25, -0.2) is 19.7 Å². The number of anilines is 1. The monoisotopic (exact) mass is 524 g/mol. The molecule has 0 bridgehead atoms. The van der Waals surface area contributed by atoms with Crippen LogP contribution < -0.4 is 15.4 Å². The number of ether oxygens (including phenoxy) is 2. The second-order valence-electron chi connectivity index (χ2n) is 10.3. The zero-order valence-corrected chi connectivity index (χ0v) is 21.8. The summed E-state index contributed by atoms with van der Waals surface area (Å²) in [4.78, 5) is 49.9. The number of nitrogens with zero attached hydrogens (tertiary/aromatic N) is 4. The van der Waals surface area contributed by atoms with Crippen LogP contribution in [0.4, 0.5) is 10.6 Å². The molecule has 3 unspecified atom stereocenters. The number of carboxylic acid groups (broad SMARTS) is 1. The molecule has 2 aromatic heterocycles.